The molecule has 0 spiro atoms. The molecule has 4 heteroatoms. The topological polar surface area (TPSA) is 69.9 Å². The summed E-state index contributed by atoms with van der Waals surface area (Å²) in [6.45, 7) is 11.8. The lowest BCUT2D eigenvalue weighted by Gasteiger charge is -2.63. The molecule has 3 saturated carbocycles. The highest BCUT2D eigenvalue weighted by Gasteiger charge is 2.61. The first-order valence-electron chi connectivity index (χ1n) is 7.40. The van der Waals surface area contributed by atoms with E-state index in [1.54, 1.807) is 6.92 Å². The minimum Gasteiger partial charge on any atom is -0.480 e. The van der Waals surface area contributed by atoms with Gasteiger partial charge in [0.25, 0.3) is 0 Å². The van der Waals surface area contributed by atoms with Gasteiger partial charge in [-0.25, -0.2) is 4.79 Å². The van der Waals surface area contributed by atoms with Gasteiger partial charge < -0.3 is 10.2 Å². The molecule has 3 aliphatic rings. The van der Waals surface area contributed by atoms with Gasteiger partial charge in [-0.2, -0.15) is 0 Å². The van der Waals surface area contributed by atoms with Crippen molar-refractivity contribution in [3.05, 3.63) is 0 Å². The molecule has 0 aliphatic heterocycles. The summed E-state index contributed by atoms with van der Waals surface area (Å²) in [4.78, 5) is 15.9. The Hall–Kier alpha value is -0.900. The van der Waals surface area contributed by atoms with E-state index in [0.29, 0.717) is 11.6 Å². The first-order valence-corrected chi connectivity index (χ1v) is 7.40. The molecular weight excluding hydrogens is 254 g/mol. The van der Waals surface area contributed by atoms with E-state index < -0.39 is 23.0 Å². The van der Waals surface area contributed by atoms with Crippen LogP contribution >= 0.6 is 0 Å². The minimum absolute atomic E-state index is 0.128. The molecule has 4 atom stereocenters. The van der Waals surface area contributed by atoms with Crippen molar-refractivity contribution in [3.63, 3.8) is 0 Å². The summed E-state index contributed by atoms with van der Waals surface area (Å²) in [5, 5.41) is 20.2. The number of aliphatic carboxylic acids is 1. The van der Waals surface area contributed by atoms with Crippen molar-refractivity contribution in [2.75, 3.05) is 0 Å². The van der Waals surface area contributed by atoms with Crippen molar-refractivity contribution in [3.8, 4) is 0 Å². The van der Waals surface area contributed by atoms with Gasteiger partial charge in [-0.1, -0.05) is 34.6 Å². The van der Waals surface area contributed by atoms with Crippen molar-refractivity contribution in [1.82, 2.24) is 0 Å². The molecule has 20 heavy (non-hydrogen) atoms. The van der Waals surface area contributed by atoms with Crippen LogP contribution in [-0.2, 0) is 4.79 Å². The fraction of sp³-hybridized carbons (Fsp3) is 0.875. The number of carboxylic acid groups (broad SMARTS) is 1. The lowest BCUT2D eigenvalue weighted by molar-refractivity contribution is -0.141. The molecule has 3 unspecified atom stereocenters. The second-order valence-electron chi connectivity index (χ2n) is 8.34. The number of hydrogen-bond donors (Lipinski definition) is 2. The second-order valence-corrected chi connectivity index (χ2v) is 8.34. The van der Waals surface area contributed by atoms with Crippen LogP contribution in [0.4, 0.5) is 0 Å². The second kappa shape index (κ2) is 4.30. The number of carboxylic acids is 1. The fourth-order valence-electron chi connectivity index (χ4n) is 3.92. The average Bonchev–Trinajstić information content (AvgIpc) is 2.23. The van der Waals surface area contributed by atoms with E-state index in [1.165, 1.54) is 0 Å². The molecule has 2 N–H and O–H groups in total. The Balaban J connectivity index is 2.34. The Morgan fingerprint density at radius 1 is 1.35 bits per heavy atom. The van der Waals surface area contributed by atoms with Crippen LogP contribution in [0.2, 0.25) is 0 Å². The van der Waals surface area contributed by atoms with Gasteiger partial charge in [0.2, 0.25) is 0 Å². The SMILES string of the molecule is CC(C)(C)C(N=C1CC2CC(C2(C)C)[C@@]1(C)O)C(=O)O. The Kier molecular flexibility index (Phi) is 3.33. The van der Waals surface area contributed by atoms with E-state index >= 15 is 0 Å². The molecule has 0 saturated heterocycles. The highest BCUT2D eigenvalue weighted by molar-refractivity contribution is 5.96. The monoisotopic (exact) mass is 281 g/mol. The third-order valence-electron chi connectivity index (χ3n) is 5.51. The zero-order valence-corrected chi connectivity index (χ0v) is 13.4. The summed E-state index contributed by atoms with van der Waals surface area (Å²) in [5.74, 6) is -0.220. The van der Waals surface area contributed by atoms with Crippen LogP contribution in [0.5, 0.6) is 0 Å². The Morgan fingerprint density at radius 3 is 2.25 bits per heavy atom. The molecular formula is C16H27NO3. The summed E-state index contributed by atoms with van der Waals surface area (Å²) in [6.07, 6.45) is 1.74. The molecule has 2 bridgehead atoms. The van der Waals surface area contributed by atoms with Crippen molar-refractivity contribution < 1.29 is 15.0 Å². The van der Waals surface area contributed by atoms with E-state index in [0.717, 1.165) is 12.8 Å². The molecule has 4 nitrogen and oxygen atoms in total. The largest absolute Gasteiger partial charge is 0.480 e. The van der Waals surface area contributed by atoms with Crippen LogP contribution in [0.15, 0.2) is 4.99 Å². The first kappa shape index (κ1) is 15.5. The van der Waals surface area contributed by atoms with Gasteiger partial charge in [-0.15, -0.1) is 0 Å². The maximum Gasteiger partial charge on any atom is 0.328 e. The number of fused-ring (bicyclic) bond motifs is 2. The average molecular weight is 281 g/mol. The molecule has 0 aromatic carbocycles. The zero-order chi connectivity index (χ0) is 15.5. The smallest absolute Gasteiger partial charge is 0.328 e. The predicted octanol–water partition coefficient (Wildman–Crippen LogP) is 2.74. The van der Waals surface area contributed by atoms with E-state index in [9.17, 15) is 15.0 Å². The van der Waals surface area contributed by atoms with Gasteiger partial charge >= 0.3 is 5.97 Å². The number of rotatable bonds is 2. The normalized spacial score (nSPS) is 39.2. The molecule has 0 radical (unpaired) electrons. The van der Waals surface area contributed by atoms with Crippen LogP contribution in [0.1, 0.15) is 54.4 Å². The van der Waals surface area contributed by atoms with E-state index in [-0.39, 0.29) is 11.3 Å². The number of aliphatic hydroxyl groups is 1. The van der Waals surface area contributed by atoms with E-state index in [1.807, 2.05) is 20.8 Å². The van der Waals surface area contributed by atoms with Crippen molar-refractivity contribution in [2.45, 2.75) is 66.0 Å². The zero-order valence-electron chi connectivity index (χ0n) is 13.4. The summed E-state index contributed by atoms with van der Waals surface area (Å²) in [7, 11) is 0. The maximum atomic E-state index is 11.5. The van der Waals surface area contributed by atoms with Gasteiger partial charge in [0.1, 0.15) is 5.60 Å². The molecule has 0 amide bonds. The van der Waals surface area contributed by atoms with Gasteiger partial charge in [0.05, 0.1) is 0 Å². The Labute approximate surface area is 121 Å². The summed E-state index contributed by atoms with van der Waals surface area (Å²) in [5.41, 5.74) is -0.618. The van der Waals surface area contributed by atoms with Crippen LogP contribution in [-0.4, -0.2) is 33.5 Å². The van der Waals surface area contributed by atoms with Crippen molar-refractivity contribution >= 4 is 11.7 Å². The highest BCUT2D eigenvalue weighted by Crippen LogP contribution is 2.61. The van der Waals surface area contributed by atoms with Gasteiger partial charge in [0, 0.05) is 5.71 Å². The molecule has 0 aromatic heterocycles. The standard InChI is InChI=1S/C16H27NO3/c1-14(2,3)12(13(18)19)17-11-8-9-7-10(15(9,4)5)16(11,6)20/h9-10,12,20H,7-8H2,1-6H3,(H,18,19)/t9?,10?,12?,16-/m1/s1. The first-order chi connectivity index (χ1) is 8.88. The molecule has 3 aliphatic carbocycles. The van der Waals surface area contributed by atoms with Gasteiger partial charge in [-0.05, 0) is 42.4 Å². The number of carbonyl (C=O) groups is 1. The van der Waals surface area contributed by atoms with Gasteiger partial charge in [-0.3, -0.25) is 4.99 Å². The minimum atomic E-state index is -0.975. The van der Waals surface area contributed by atoms with Crippen LogP contribution in [0.3, 0.4) is 0 Å². The molecule has 0 heterocycles. The lowest BCUT2D eigenvalue weighted by Crippen LogP contribution is -2.65. The summed E-state index contributed by atoms with van der Waals surface area (Å²) < 4.78 is 0. The van der Waals surface area contributed by atoms with Crippen LogP contribution in [0, 0.1) is 22.7 Å². The fourth-order valence-corrected chi connectivity index (χ4v) is 3.92. The van der Waals surface area contributed by atoms with Crippen LogP contribution in [0.25, 0.3) is 0 Å². The molecule has 114 valence electrons. The molecule has 0 aromatic rings. The number of hydrogen-bond acceptors (Lipinski definition) is 3. The Bertz CT molecular complexity index is 457. The summed E-state index contributed by atoms with van der Waals surface area (Å²) in [6, 6.07) is -0.801. The number of nitrogens with zero attached hydrogens (tertiary/aromatic N) is 1. The van der Waals surface area contributed by atoms with E-state index in [2.05, 4.69) is 18.8 Å². The van der Waals surface area contributed by atoms with Crippen LogP contribution < -0.4 is 0 Å². The Morgan fingerprint density at radius 2 is 1.90 bits per heavy atom. The molecule has 3 fully saturated rings. The van der Waals surface area contributed by atoms with Crippen molar-refractivity contribution in [2.24, 2.45) is 27.7 Å². The number of aliphatic imine (C=N–C) groups is 1. The maximum absolute atomic E-state index is 11.5. The van der Waals surface area contributed by atoms with E-state index in [4.69, 9.17) is 0 Å². The highest BCUT2D eigenvalue weighted by atomic mass is 16.4. The van der Waals surface area contributed by atoms with Crippen molar-refractivity contribution in [1.29, 1.82) is 0 Å². The van der Waals surface area contributed by atoms with Gasteiger partial charge in [0.15, 0.2) is 6.04 Å². The third kappa shape index (κ3) is 2.18. The lowest BCUT2D eigenvalue weighted by atomic mass is 9.44. The quantitative estimate of drug-likeness (QED) is 0.817. The molecule has 3 rings (SSSR count). The summed E-state index contributed by atoms with van der Waals surface area (Å²) >= 11 is 0. The third-order valence-corrected chi connectivity index (χ3v) is 5.51. The predicted molar refractivity (Wildman–Crippen MR) is 78.9 cm³/mol.